The van der Waals surface area contributed by atoms with Crippen LogP contribution in [-0.2, 0) is 26.9 Å². The largest absolute Gasteiger partial charge is 0.467 e. The van der Waals surface area contributed by atoms with Gasteiger partial charge in [-0.25, -0.2) is 4.79 Å². The molecular weight excluding hydrogens is 311 g/mol. The van der Waals surface area contributed by atoms with E-state index in [1.807, 2.05) is 6.92 Å². The molecule has 23 heavy (non-hydrogen) atoms. The Morgan fingerprint density at radius 3 is 2.17 bits per heavy atom. The number of hydrogen-bond donors (Lipinski definition) is 1. The summed E-state index contributed by atoms with van der Waals surface area (Å²) in [6.45, 7) is 3.43. The number of halogens is 3. The van der Waals surface area contributed by atoms with E-state index in [-0.39, 0.29) is 6.42 Å². The number of hydrogen-bond acceptors (Lipinski definition) is 3. The van der Waals surface area contributed by atoms with Gasteiger partial charge in [-0.3, -0.25) is 4.79 Å². The number of amides is 1. The lowest BCUT2D eigenvalue weighted by molar-refractivity contribution is -0.150. The van der Waals surface area contributed by atoms with Crippen molar-refractivity contribution >= 4 is 11.9 Å². The molecule has 1 amide bonds. The Kier molecular flexibility index (Phi) is 6.18. The number of carbonyl (C=O) groups is 2. The highest BCUT2D eigenvalue weighted by molar-refractivity contribution is 5.88. The van der Waals surface area contributed by atoms with Gasteiger partial charge in [0.25, 0.3) is 0 Å². The molecule has 7 heteroatoms. The van der Waals surface area contributed by atoms with Crippen LogP contribution in [0.25, 0.3) is 0 Å². The summed E-state index contributed by atoms with van der Waals surface area (Å²) in [5.41, 5.74) is -1.49. The third-order valence-electron chi connectivity index (χ3n) is 3.45. The predicted octanol–water partition coefficient (Wildman–Crippen LogP) is 3.10. The average Bonchev–Trinajstić information content (AvgIpc) is 2.45. The zero-order chi connectivity index (χ0) is 17.7. The first kappa shape index (κ1) is 19.0. The molecule has 1 unspecified atom stereocenters. The Labute approximate surface area is 133 Å². The molecular formula is C16H20F3NO3. The van der Waals surface area contributed by atoms with Gasteiger partial charge in [0.2, 0.25) is 5.91 Å². The highest BCUT2D eigenvalue weighted by atomic mass is 19.4. The van der Waals surface area contributed by atoms with E-state index in [0.29, 0.717) is 18.4 Å². The third kappa shape index (κ3) is 5.26. The maximum absolute atomic E-state index is 12.5. The van der Waals surface area contributed by atoms with Crippen molar-refractivity contribution in [2.75, 3.05) is 7.11 Å². The van der Waals surface area contributed by atoms with Crippen LogP contribution in [-0.4, -0.2) is 24.5 Å². The van der Waals surface area contributed by atoms with Crippen molar-refractivity contribution < 1.29 is 27.5 Å². The van der Waals surface area contributed by atoms with Gasteiger partial charge in [-0.2, -0.15) is 13.2 Å². The standard InChI is InChI=1S/C16H20F3NO3/c1-4-9-15(2,14(22)23-3)20-13(21)10-11-5-7-12(8-6-11)16(17,18)19/h5-8H,4,9-10H2,1-3H3,(H,20,21). The first-order valence-corrected chi connectivity index (χ1v) is 7.18. The van der Waals surface area contributed by atoms with Gasteiger partial charge < -0.3 is 10.1 Å². The predicted molar refractivity (Wildman–Crippen MR) is 78.6 cm³/mol. The van der Waals surface area contributed by atoms with Crippen LogP contribution >= 0.6 is 0 Å². The minimum Gasteiger partial charge on any atom is -0.467 e. The fraction of sp³-hybridized carbons (Fsp3) is 0.500. The van der Waals surface area contributed by atoms with Gasteiger partial charge in [-0.15, -0.1) is 0 Å². The number of alkyl halides is 3. The first-order chi connectivity index (χ1) is 10.6. The first-order valence-electron chi connectivity index (χ1n) is 7.18. The number of nitrogens with one attached hydrogen (secondary N) is 1. The topological polar surface area (TPSA) is 55.4 Å². The number of ether oxygens (including phenoxy) is 1. The molecule has 1 aromatic rings. The normalized spacial score (nSPS) is 14.0. The lowest BCUT2D eigenvalue weighted by Gasteiger charge is -2.27. The molecule has 0 saturated carbocycles. The van der Waals surface area contributed by atoms with Gasteiger partial charge in [0.05, 0.1) is 19.1 Å². The zero-order valence-electron chi connectivity index (χ0n) is 13.3. The van der Waals surface area contributed by atoms with E-state index >= 15 is 0 Å². The summed E-state index contributed by atoms with van der Waals surface area (Å²) in [4.78, 5) is 23.9. The van der Waals surface area contributed by atoms with Gasteiger partial charge in [0.1, 0.15) is 5.54 Å². The summed E-state index contributed by atoms with van der Waals surface area (Å²) >= 11 is 0. The Morgan fingerprint density at radius 1 is 1.17 bits per heavy atom. The lowest BCUT2D eigenvalue weighted by Crippen LogP contribution is -2.53. The number of esters is 1. The maximum Gasteiger partial charge on any atom is 0.416 e. The van der Waals surface area contributed by atoms with Crippen LogP contribution in [0.1, 0.15) is 37.8 Å². The minimum atomic E-state index is -4.41. The number of carbonyl (C=O) groups excluding carboxylic acids is 2. The Morgan fingerprint density at radius 2 is 1.74 bits per heavy atom. The molecule has 0 aliphatic carbocycles. The van der Waals surface area contributed by atoms with Gasteiger partial charge in [0.15, 0.2) is 0 Å². The van der Waals surface area contributed by atoms with E-state index < -0.39 is 29.2 Å². The third-order valence-corrected chi connectivity index (χ3v) is 3.45. The molecule has 1 N–H and O–H groups in total. The molecule has 0 aromatic heterocycles. The molecule has 0 spiro atoms. The Bertz CT molecular complexity index is 555. The molecule has 0 aliphatic rings. The van der Waals surface area contributed by atoms with E-state index in [2.05, 4.69) is 5.32 Å². The molecule has 1 atom stereocenters. The van der Waals surface area contributed by atoms with Crippen LogP contribution in [0.4, 0.5) is 13.2 Å². The lowest BCUT2D eigenvalue weighted by atomic mass is 9.95. The zero-order valence-corrected chi connectivity index (χ0v) is 13.3. The second-order valence-electron chi connectivity index (χ2n) is 5.49. The van der Waals surface area contributed by atoms with Crippen molar-refractivity contribution in [3.63, 3.8) is 0 Å². The van der Waals surface area contributed by atoms with Crippen LogP contribution in [0, 0.1) is 0 Å². The minimum absolute atomic E-state index is 0.117. The number of benzene rings is 1. The number of methoxy groups -OCH3 is 1. The molecule has 0 saturated heterocycles. The van der Waals surface area contributed by atoms with Gasteiger partial charge in [-0.1, -0.05) is 25.5 Å². The molecule has 0 bridgehead atoms. The van der Waals surface area contributed by atoms with E-state index in [1.165, 1.54) is 19.2 Å². The van der Waals surface area contributed by atoms with E-state index in [1.54, 1.807) is 6.92 Å². The van der Waals surface area contributed by atoms with Crippen molar-refractivity contribution in [1.29, 1.82) is 0 Å². The van der Waals surface area contributed by atoms with E-state index in [9.17, 15) is 22.8 Å². The summed E-state index contributed by atoms with van der Waals surface area (Å²) in [5, 5.41) is 2.60. The summed E-state index contributed by atoms with van der Waals surface area (Å²) in [6, 6.07) is 4.34. The molecule has 128 valence electrons. The van der Waals surface area contributed by atoms with Crippen LogP contribution in [0.5, 0.6) is 0 Å². The number of rotatable bonds is 6. The highest BCUT2D eigenvalue weighted by Gasteiger charge is 2.35. The monoisotopic (exact) mass is 331 g/mol. The molecule has 0 radical (unpaired) electrons. The smallest absolute Gasteiger partial charge is 0.416 e. The van der Waals surface area contributed by atoms with Crippen molar-refractivity contribution in [3.8, 4) is 0 Å². The summed E-state index contributed by atoms with van der Waals surface area (Å²) in [6.07, 6.45) is -3.47. The molecule has 1 aromatic carbocycles. The molecule has 4 nitrogen and oxygen atoms in total. The van der Waals surface area contributed by atoms with E-state index in [4.69, 9.17) is 4.74 Å². The van der Waals surface area contributed by atoms with Crippen LogP contribution < -0.4 is 5.32 Å². The molecule has 1 rings (SSSR count). The molecule has 0 fully saturated rings. The van der Waals surface area contributed by atoms with Crippen LogP contribution in [0.2, 0.25) is 0 Å². The fourth-order valence-corrected chi connectivity index (χ4v) is 2.29. The summed E-state index contributed by atoms with van der Waals surface area (Å²) in [5.74, 6) is -1.01. The van der Waals surface area contributed by atoms with Crippen LogP contribution in [0.15, 0.2) is 24.3 Å². The fourth-order valence-electron chi connectivity index (χ4n) is 2.29. The van der Waals surface area contributed by atoms with Crippen molar-refractivity contribution in [2.24, 2.45) is 0 Å². The van der Waals surface area contributed by atoms with Gasteiger partial charge in [0, 0.05) is 0 Å². The molecule has 0 heterocycles. The summed E-state index contributed by atoms with van der Waals surface area (Å²) in [7, 11) is 1.23. The highest BCUT2D eigenvalue weighted by Crippen LogP contribution is 2.29. The van der Waals surface area contributed by atoms with Gasteiger partial charge in [-0.05, 0) is 31.0 Å². The molecule has 0 aliphatic heterocycles. The second-order valence-corrected chi connectivity index (χ2v) is 5.49. The van der Waals surface area contributed by atoms with Crippen molar-refractivity contribution in [1.82, 2.24) is 5.32 Å². The second kappa shape index (κ2) is 7.48. The maximum atomic E-state index is 12.5. The van der Waals surface area contributed by atoms with Gasteiger partial charge >= 0.3 is 12.1 Å². The Balaban J connectivity index is 2.77. The van der Waals surface area contributed by atoms with E-state index in [0.717, 1.165) is 12.1 Å². The summed E-state index contributed by atoms with van der Waals surface area (Å²) < 4.78 is 42.2. The Hall–Kier alpha value is -2.05. The average molecular weight is 331 g/mol. The van der Waals surface area contributed by atoms with Crippen LogP contribution in [0.3, 0.4) is 0 Å². The SMILES string of the molecule is CCCC(C)(NC(=O)Cc1ccc(C(F)(F)F)cc1)C(=O)OC. The quantitative estimate of drug-likeness (QED) is 0.815. The van der Waals surface area contributed by atoms with Crippen molar-refractivity contribution in [3.05, 3.63) is 35.4 Å². The van der Waals surface area contributed by atoms with Crippen molar-refractivity contribution in [2.45, 2.75) is 44.8 Å².